The highest BCUT2D eigenvalue weighted by Crippen LogP contribution is 2.28. The Hall–Kier alpha value is -3.44. The highest BCUT2D eigenvalue weighted by molar-refractivity contribution is 7.16. The van der Waals surface area contributed by atoms with Crippen LogP contribution in [0.1, 0.15) is 4.88 Å². The topological polar surface area (TPSA) is 46.9 Å². The zero-order valence-electron chi connectivity index (χ0n) is 14.4. The maximum atomic E-state index is 12.2. The molecule has 2 aromatic carbocycles. The van der Waals surface area contributed by atoms with E-state index in [0.29, 0.717) is 0 Å². The summed E-state index contributed by atoms with van der Waals surface area (Å²) in [7, 11) is 0. The Bertz CT molecular complexity index is 1050. The Morgan fingerprint density at radius 3 is 2.56 bits per heavy atom. The van der Waals surface area contributed by atoms with E-state index < -0.39 is 0 Å². The lowest BCUT2D eigenvalue weighted by molar-refractivity contribution is -0.111. The molecule has 0 radical (unpaired) electrons. The molecule has 27 heavy (non-hydrogen) atoms. The van der Waals surface area contributed by atoms with Gasteiger partial charge < -0.3 is 9.88 Å². The van der Waals surface area contributed by atoms with Gasteiger partial charge in [-0.2, -0.15) is 0 Å². The first-order valence-corrected chi connectivity index (χ1v) is 9.32. The molecule has 0 fully saturated rings. The fourth-order valence-corrected chi connectivity index (χ4v) is 3.59. The van der Waals surface area contributed by atoms with Crippen LogP contribution < -0.4 is 5.32 Å². The van der Waals surface area contributed by atoms with E-state index in [0.717, 1.165) is 16.3 Å². The van der Waals surface area contributed by atoms with Crippen molar-refractivity contribution in [2.24, 2.45) is 0 Å². The van der Waals surface area contributed by atoms with Gasteiger partial charge in [0.15, 0.2) is 0 Å². The van der Waals surface area contributed by atoms with Gasteiger partial charge in [-0.25, -0.2) is 4.98 Å². The van der Waals surface area contributed by atoms with E-state index in [-0.39, 0.29) is 5.91 Å². The Morgan fingerprint density at radius 1 is 1.00 bits per heavy atom. The highest BCUT2D eigenvalue weighted by atomic mass is 32.1. The monoisotopic (exact) mass is 371 g/mol. The number of rotatable bonds is 5. The molecule has 0 unspecified atom stereocenters. The van der Waals surface area contributed by atoms with Gasteiger partial charge in [-0.05, 0) is 48.0 Å². The number of carbonyl (C=O) groups is 1. The first-order chi connectivity index (χ1) is 13.3. The maximum absolute atomic E-state index is 12.2. The largest absolute Gasteiger partial charge is 0.323 e. The zero-order chi connectivity index (χ0) is 18.5. The number of aromatic nitrogens is 2. The summed E-state index contributed by atoms with van der Waals surface area (Å²) >= 11 is 1.66. The average molecular weight is 371 g/mol. The van der Waals surface area contributed by atoms with Crippen molar-refractivity contribution in [1.82, 2.24) is 9.55 Å². The lowest BCUT2D eigenvalue weighted by Crippen LogP contribution is -2.07. The van der Waals surface area contributed by atoms with Crippen LogP contribution in [0.4, 0.5) is 5.69 Å². The number of amides is 1. The molecule has 4 aromatic rings. The van der Waals surface area contributed by atoms with Crippen molar-refractivity contribution >= 4 is 29.0 Å². The van der Waals surface area contributed by atoms with Crippen LogP contribution in [-0.4, -0.2) is 15.5 Å². The summed E-state index contributed by atoms with van der Waals surface area (Å²) in [5.74, 6) is -0.153. The van der Waals surface area contributed by atoms with Gasteiger partial charge in [0.25, 0.3) is 0 Å². The van der Waals surface area contributed by atoms with Crippen molar-refractivity contribution in [3.8, 4) is 16.1 Å². The van der Waals surface area contributed by atoms with Crippen molar-refractivity contribution in [2.75, 3.05) is 5.32 Å². The molecule has 4 rings (SSSR count). The van der Waals surface area contributed by atoms with Gasteiger partial charge in [0.1, 0.15) is 0 Å². The minimum atomic E-state index is -0.153. The molecular weight excluding hydrogens is 354 g/mol. The molecule has 0 bridgehead atoms. The third-order valence-electron chi connectivity index (χ3n) is 4.02. The summed E-state index contributed by atoms with van der Waals surface area (Å²) in [4.78, 5) is 18.4. The van der Waals surface area contributed by atoms with E-state index in [1.807, 2.05) is 65.4 Å². The molecule has 4 nitrogen and oxygen atoms in total. The van der Waals surface area contributed by atoms with E-state index in [1.165, 1.54) is 10.4 Å². The van der Waals surface area contributed by atoms with E-state index in [9.17, 15) is 4.79 Å². The average Bonchev–Trinajstić information content (AvgIpc) is 3.40. The van der Waals surface area contributed by atoms with E-state index in [2.05, 4.69) is 28.5 Å². The molecule has 5 heteroatoms. The predicted octanol–water partition coefficient (Wildman–Crippen LogP) is 5.25. The Kier molecular flexibility index (Phi) is 4.94. The fraction of sp³-hybridized carbons (Fsp3) is 0. The summed E-state index contributed by atoms with van der Waals surface area (Å²) < 4.78 is 1.91. The molecular formula is C22H17N3OS. The van der Waals surface area contributed by atoms with Gasteiger partial charge >= 0.3 is 0 Å². The van der Waals surface area contributed by atoms with Gasteiger partial charge in [0, 0.05) is 39.6 Å². The van der Waals surface area contributed by atoms with Crippen molar-refractivity contribution in [3.63, 3.8) is 0 Å². The number of anilines is 1. The van der Waals surface area contributed by atoms with Crippen molar-refractivity contribution in [3.05, 3.63) is 96.4 Å². The van der Waals surface area contributed by atoms with Crippen molar-refractivity contribution in [2.45, 2.75) is 0 Å². The van der Waals surface area contributed by atoms with Gasteiger partial charge in [0.2, 0.25) is 5.91 Å². The molecule has 0 aliphatic rings. The van der Waals surface area contributed by atoms with Crippen LogP contribution in [0.15, 0.2) is 91.5 Å². The molecule has 2 aromatic heterocycles. The number of nitrogens with one attached hydrogen (secondary N) is 1. The number of nitrogens with zero attached hydrogens (tertiary/aromatic N) is 2. The second-order valence-electron chi connectivity index (χ2n) is 5.91. The van der Waals surface area contributed by atoms with Crippen molar-refractivity contribution in [1.29, 1.82) is 0 Å². The smallest absolute Gasteiger partial charge is 0.248 e. The van der Waals surface area contributed by atoms with Crippen LogP contribution in [-0.2, 0) is 4.79 Å². The van der Waals surface area contributed by atoms with Crippen LogP contribution in [0.5, 0.6) is 0 Å². The Morgan fingerprint density at radius 2 is 1.81 bits per heavy atom. The number of hydrogen-bond donors (Lipinski definition) is 1. The quantitative estimate of drug-likeness (QED) is 0.487. The van der Waals surface area contributed by atoms with E-state index >= 15 is 0 Å². The normalized spacial score (nSPS) is 11.0. The molecule has 132 valence electrons. The first-order valence-electron chi connectivity index (χ1n) is 8.51. The summed E-state index contributed by atoms with van der Waals surface area (Å²) in [6.07, 6.45) is 8.74. The highest BCUT2D eigenvalue weighted by Gasteiger charge is 2.02. The molecule has 0 aliphatic heterocycles. The predicted molar refractivity (Wildman–Crippen MR) is 111 cm³/mol. The number of benzene rings is 2. The third kappa shape index (κ3) is 4.22. The fourth-order valence-electron chi connectivity index (χ4n) is 2.67. The summed E-state index contributed by atoms with van der Waals surface area (Å²) in [6.45, 7) is 0. The second kappa shape index (κ2) is 7.85. The minimum Gasteiger partial charge on any atom is -0.323 e. The number of carbonyl (C=O) groups excluding carboxylic acids is 1. The summed E-state index contributed by atoms with van der Waals surface area (Å²) in [5, 5.41) is 2.88. The summed E-state index contributed by atoms with van der Waals surface area (Å²) in [6, 6.07) is 21.9. The van der Waals surface area contributed by atoms with E-state index in [1.54, 1.807) is 29.9 Å². The molecule has 0 spiro atoms. The SMILES string of the molecule is O=C(/C=C/c1ccc(-c2ccccc2)s1)Nc1ccc(-n2ccnc2)cc1. The molecule has 1 amide bonds. The number of hydrogen-bond acceptors (Lipinski definition) is 3. The zero-order valence-corrected chi connectivity index (χ0v) is 15.3. The molecule has 0 atom stereocenters. The van der Waals surface area contributed by atoms with Crippen molar-refractivity contribution < 1.29 is 4.79 Å². The molecule has 0 aliphatic carbocycles. The van der Waals surface area contributed by atoms with Crippen LogP contribution in [0.2, 0.25) is 0 Å². The van der Waals surface area contributed by atoms with Gasteiger partial charge in [-0.3, -0.25) is 4.79 Å². The van der Waals surface area contributed by atoms with Crippen LogP contribution >= 0.6 is 11.3 Å². The number of thiophene rings is 1. The lowest BCUT2D eigenvalue weighted by atomic mass is 10.2. The Balaban J connectivity index is 1.38. The van der Waals surface area contributed by atoms with Gasteiger partial charge in [-0.15, -0.1) is 11.3 Å². The van der Waals surface area contributed by atoms with Crippen LogP contribution in [0.25, 0.3) is 22.2 Å². The first kappa shape index (κ1) is 17.0. The van der Waals surface area contributed by atoms with Crippen LogP contribution in [0, 0.1) is 0 Å². The third-order valence-corrected chi connectivity index (χ3v) is 5.12. The standard InChI is InChI=1S/C22H17N3OS/c26-22(24-18-6-8-19(9-7-18)25-15-14-23-16-25)13-11-20-10-12-21(27-20)17-4-2-1-3-5-17/h1-16H,(H,24,26)/b13-11+. The number of imidazole rings is 1. The van der Waals surface area contributed by atoms with E-state index in [4.69, 9.17) is 0 Å². The molecule has 0 saturated carbocycles. The molecule has 0 saturated heterocycles. The summed E-state index contributed by atoms with van der Waals surface area (Å²) in [5.41, 5.74) is 2.93. The minimum absolute atomic E-state index is 0.153. The molecule has 1 N–H and O–H groups in total. The van der Waals surface area contributed by atoms with Gasteiger partial charge in [-0.1, -0.05) is 30.3 Å². The lowest BCUT2D eigenvalue weighted by Gasteiger charge is -2.05. The Labute approximate surface area is 161 Å². The molecule has 2 heterocycles. The van der Waals surface area contributed by atoms with Gasteiger partial charge in [0.05, 0.1) is 6.33 Å². The second-order valence-corrected chi connectivity index (χ2v) is 7.02. The van der Waals surface area contributed by atoms with Crippen LogP contribution in [0.3, 0.4) is 0 Å². The maximum Gasteiger partial charge on any atom is 0.248 e.